The van der Waals surface area contributed by atoms with Crippen molar-refractivity contribution in [2.24, 2.45) is 0 Å². The van der Waals surface area contributed by atoms with Crippen LogP contribution >= 0.6 is 11.3 Å². The van der Waals surface area contributed by atoms with Gasteiger partial charge in [-0.25, -0.2) is 9.78 Å². The van der Waals surface area contributed by atoms with Crippen molar-refractivity contribution in [3.8, 4) is 6.07 Å². The lowest BCUT2D eigenvalue weighted by Gasteiger charge is -2.04. The fourth-order valence-electron chi connectivity index (χ4n) is 2.73. The van der Waals surface area contributed by atoms with Gasteiger partial charge in [0.05, 0.1) is 21.4 Å². The Labute approximate surface area is 147 Å². The van der Waals surface area contributed by atoms with E-state index in [2.05, 4.69) is 11.1 Å². The van der Waals surface area contributed by atoms with Crippen LogP contribution in [0.2, 0.25) is 0 Å². The van der Waals surface area contributed by atoms with Gasteiger partial charge >= 0.3 is 5.63 Å². The zero-order valence-corrected chi connectivity index (χ0v) is 14.1. The maximum Gasteiger partial charge on any atom is 0.343 e. The molecule has 0 N–H and O–H groups in total. The van der Waals surface area contributed by atoms with Gasteiger partial charge in [-0.2, -0.15) is 5.26 Å². The van der Waals surface area contributed by atoms with E-state index in [0.717, 1.165) is 15.6 Å². The lowest BCUT2D eigenvalue weighted by Crippen LogP contribution is -2.06. The summed E-state index contributed by atoms with van der Waals surface area (Å²) >= 11 is 1.44. The number of hydrogen-bond acceptors (Lipinski definition) is 5. The molecule has 4 nitrogen and oxygen atoms in total. The quantitative estimate of drug-likeness (QED) is 0.385. The first kappa shape index (κ1) is 15.3. The third kappa shape index (κ3) is 2.63. The van der Waals surface area contributed by atoms with Crippen molar-refractivity contribution in [1.82, 2.24) is 4.98 Å². The van der Waals surface area contributed by atoms with E-state index in [1.54, 1.807) is 19.1 Å². The van der Waals surface area contributed by atoms with Gasteiger partial charge < -0.3 is 4.42 Å². The average Bonchev–Trinajstić information content (AvgIpc) is 3.05. The SMILES string of the molecule is CC(=C(C#N)c1nc2ccccc2s1)c1cc2ccccc2oc1=O. The van der Waals surface area contributed by atoms with Crippen molar-refractivity contribution in [2.75, 3.05) is 0 Å². The van der Waals surface area contributed by atoms with Gasteiger partial charge in [-0.05, 0) is 36.8 Å². The number of para-hydroxylation sites is 2. The summed E-state index contributed by atoms with van der Waals surface area (Å²) in [6.45, 7) is 1.76. The molecule has 25 heavy (non-hydrogen) atoms. The summed E-state index contributed by atoms with van der Waals surface area (Å²) in [5, 5.41) is 11.1. The molecule has 120 valence electrons. The molecule has 0 aliphatic carbocycles. The Kier molecular flexibility index (Phi) is 3.68. The standard InChI is InChI=1S/C20H12N2O2S/c1-12(14-10-13-6-2-4-8-17(13)24-20(14)23)15(11-21)19-22-16-7-3-5-9-18(16)25-19/h2-10H,1H3. The molecule has 0 radical (unpaired) electrons. The molecule has 0 aliphatic heterocycles. The summed E-state index contributed by atoms with van der Waals surface area (Å²) in [7, 11) is 0. The second kappa shape index (κ2) is 6.00. The molecule has 0 saturated carbocycles. The van der Waals surface area contributed by atoms with Crippen molar-refractivity contribution < 1.29 is 4.42 Å². The van der Waals surface area contributed by atoms with Crippen molar-refractivity contribution >= 4 is 43.7 Å². The molecule has 2 aromatic carbocycles. The Hall–Kier alpha value is -3.23. The molecule has 0 spiro atoms. The molecule has 0 unspecified atom stereocenters. The number of aromatic nitrogens is 1. The fourth-order valence-corrected chi connectivity index (χ4v) is 3.75. The van der Waals surface area contributed by atoms with Gasteiger partial charge in [-0.1, -0.05) is 30.3 Å². The van der Waals surface area contributed by atoms with Crippen molar-refractivity contribution in [3.63, 3.8) is 0 Å². The average molecular weight is 344 g/mol. The van der Waals surface area contributed by atoms with Gasteiger partial charge in [0.2, 0.25) is 0 Å². The summed E-state index contributed by atoms with van der Waals surface area (Å²) in [6, 6.07) is 19.0. The van der Waals surface area contributed by atoms with Crippen LogP contribution in [0.3, 0.4) is 0 Å². The topological polar surface area (TPSA) is 66.9 Å². The molecule has 5 heteroatoms. The van der Waals surface area contributed by atoms with E-state index >= 15 is 0 Å². The summed E-state index contributed by atoms with van der Waals surface area (Å²) in [4.78, 5) is 16.9. The zero-order valence-electron chi connectivity index (χ0n) is 13.3. The van der Waals surface area contributed by atoms with E-state index in [0.29, 0.717) is 27.3 Å². The molecule has 0 atom stereocenters. The summed E-state index contributed by atoms with van der Waals surface area (Å²) in [6.07, 6.45) is 0. The highest BCUT2D eigenvalue weighted by Crippen LogP contribution is 2.31. The summed E-state index contributed by atoms with van der Waals surface area (Å²) < 4.78 is 6.39. The predicted molar refractivity (Wildman–Crippen MR) is 100 cm³/mol. The van der Waals surface area contributed by atoms with Crippen molar-refractivity contribution in [3.05, 3.63) is 75.6 Å². The third-order valence-corrected chi connectivity index (χ3v) is 5.09. The minimum atomic E-state index is -0.454. The van der Waals surface area contributed by atoms with E-state index in [1.165, 1.54) is 11.3 Å². The molecule has 4 aromatic rings. The second-order valence-corrected chi connectivity index (χ2v) is 6.61. The van der Waals surface area contributed by atoms with Crippen LogP contribution in [0.1, 0.15) is 17.5 Å². The number of rotatable bonds is 2. The highest BCUT2D eigenvalue weighted by Gasteiger charge is 2.16. The Morgan fingerprint density at radius 1 is 1.16 bits per heavy atom. The number of hydrogen-bond donors (Lipinski definition) is 0. The van der Waals surface area contributed by atoms with Crippen LogP contribution in [-0.2, 0) is 0 Å². The Bertz CT molecular complexity index is 1210. The number of benzene rings is 2. The van der Waals surface area contributed by atoms with Crippen LogP contribution < -0.4 is 5.63 Å². The smallest absolute Gasteiger partial charge is 0.343 e. The van der Waals surface area contributed by atoms with Crippen LogP contribution in [0.4, 0.5) is 0 Å². The van der Waals surface area contributed by atoms with Gasteiger partial charge in [0, 0.05) is 5.39 Å². The van der Waals surface area contributed by atoms with Crippen LogP contribution in [-0.4, -0.2) is 4.98 Å². The highest BCUT2D eigenvalue weighted by atomic mass is 32.1. The Morgan fingerprint density at radius 2 is 1.92 bits per heavy atom. The second-order valence-electron chi connectivity index (χ2n) is 5.58. The maximum atomic E-state index is 12.4. The van der Waals surface area contributed by atoms with Gasteiger partial charge in [0.15, 0.2) is 0 Å². The van der Waals surface area contributed by atoms with Crippen molar-refractivity contribution in [2.45, 2.75) is 6.92 Å². The van der Waals surface area contributed by atoms with E-state index < -0.39 is 5.63 Å². The van der Waals surface area contributed by atoms with Crippen LogP contribution in [0.25, 0.3) is 32.3 Å². The Balaban J connectivity index is 1.94. The number of nitrogens with zero attached hydrogens (tertiary/aromatic N) is 2. The first-order valence-electron chi connectivity index (χ1n) is 7.67. The van der Waals surface area contributed by atoms with Crippen LogP contribution in [0.15, 0.2) is 63.8 Å². The van der Waals surface area contributed by atoms with Crippen LogP contribution in [0, 0.1) is 11.3 Å². The minimum Gasteiger partial charge on any atom is -0.422 e. The molecule has 0 saturated heterocycles. The van der Waals surface area contributed by atoms with E-state index in [-0.39, 0.29) is 0 Å². The zero-order chi connectivity index (χ0) is 17.4. The number of allylic oxidation sites excluding steroid dienone is 2. The third-order valence-electron chi connectivity index (χ3n) is 4.04. The van der Waals surface area contributed by atoms with Gasteiger partial charge in [-0.3, -0.25) is 0 Å². The fraction of sp³-hybridized carbons (Fsp3) is 0.0500. The molecule has 0 bridgehead atoms. The molecule has 4 rings (SSSR count). The Morgan fingerprint density at radius 3 is 2.72 bits per heavy atom. The van der Waals surface area contributed by atoms with Gasteiger partial charge in [-0.15, -0.1) is 11.3 Å². The largest absolute Gasteiger partial charge is 0.422 e. The summed E-state index contributed by atoms with van der Waals surface area (Å²) in [5.74, 6) is 0. The predicted octanol–water partition coefficient (Wildman–Crippen LogP) is 4.86. The summed E-state index contributed by atoms with van der Waals surface area (Å²) in [5.41, 5.74) is 2.26. The van der Waals surface area contributed by atoms with Gasteiger partial charge in [0.1, 0.15) is 16.7 Å². The molecular formula is C20H12N2O2S. The molecule has 0 fully saturated rings. The highest BCUT2D eigenvalue weighted by molar-refractivity contribution is 7.19. The molecule has 2 heterocycles. The van der Waals surface area contributed by atoms with E-state index in [1.807, 2.05) is 42.5 Å². The molecular weight excluding hydrogens is 332 g/mol. The van der Waals surface area contributed by atoms with Gasteiger partial charge in [0.25, 0.3) is 0 Å². The number of fused-ring (bicyclic) bond motifs is 2. The minimum absolute atomic E-state index is 0.384. The number of nitriles is 1. The van der Waals surface area contributed by atoms with Crippen molar-refractivity contribution in [1.29, 1.82) is 5.26 Å². The van der Waals surface area contributed by atoms with Crippen LogP contribution in [0.5, 0.6) is 0 Å². The lowest BCUT2D eigenvalue weighted by molar-refractivity contribution is 0.558. The van der Waals surface area contributed by atoms with E-state index in [4.69, 9.17) is 4.42 Å². The normalized spacial score (nSPS) is 12.2. The molecule has 0 aliphatic rings. The molecule has 2 aromatic heterocycles. The maximum absolute atomic E-state index is 12.4. The lowest BCUT2D eigenvalue weighted by atomic mass is 10.0. The number of thiazole rings is 1. The first-order chi connectivity index (χ1) is 12.2. The first-order valence-corrected chi connectivity index (χ1v) is 8.49. The monoisotopic (exact) mass is 344 g/mol. The molecule has 0 amide bonds. The van der Waals surface area contributed by atoms with E-state index in [9.17, 15) is 10.1 Å².